The van der Waals surface area contributed by atoms with Crippen molar-refractivity contribution >= 4 is 34.1 Å². The third-order valence-corrected chi connectivity index (χ3v) is 5.61. The predicted octanol–water partition coefficient (Wildman–Crippen LogP) is 3.87. The predicted molar refractivity (Wildman–Crippen MR) is 111 cm³/mol. The Hall–Kier alpha value is -3.73. The molecular formula is C25H18O5. The molecule has 3 aromatic rings. The van der Waals surface area contributed by atoms with Crippen molar-refractivity contribution in [3.05, 3.63) is 88.5 Å². The van der Waals surface area contributed by atoms with Crippen LogP contribution in [-0.4, -0.2) is 30.9 Å². The lowest BCUT2D eigenvalue weighted by Crippen LogP contribution is -2.21. The third-order valence-electron chi connectivity index (χ3n) is 5.61. The van der Waals surface area contributed by atoms with E-state index in [1.54, 1.807) is 6.07 Å². The van der Waals surface area contributed by atoms with Gasteiger partial charge >= 0.3 is 11.9 Å². The van der Waals surface area contributed by atoms with Crippen molar-refractivity contribution in [2.75, 3.05) is 13.2 Å². The SMILES string of the molecule is O=C1COC(=O)C2=C(c3ccccc3CC2)c2c(ccc3ccccc23)C(=O)OC1. The summed E-state index contributed by atoms with van der Waals surface area (Å²) in [6, 6.07) is 19.1. The van der Waals surface area contributed by atoms with Gasteiger partial charge in [-0.25, -0.2) is 9.59 Å². The van der Waals surface area contributed by atoms with E-state index in [4.69, 9.17) is 9.47 Å². The molecule has 2 aliphatic rings. The van der Waals surface area contributed by atoms with E-state index in [1.165, 1.54) is 0 Å². The van der Waals surface area contributed by atoms with Crippen LogP contribution in [0.15, 0.2) is 66.2 Å². The topological polar surface area (TPSA) is 69.7 Å². The molecule has 0 spiro atoms. The van der Waals surface area contributed by atoms with Crippen molar-refractivity contribution in [3.63, 3.8) is 0 Å². The highest BCUT2D eigenvalue weighted by molar-refractivity contribution is 6.13. The summed E-state index contributed by atoms with van der Waals surface area (Å²) in [5.41, 5.74) is 4.13. The van der Waals surface area contributed by atoms with E-state index in [-0.39, 0.29) is 0 Å². The molecule has 1 heterocycles. The lowest BCUT2D eigenvalue weighted by molar-refractivity contribution is -0.145. The van der Waals surface area contributed by atoms with Gasteiger partial charge in [0, 0.05) is 16.7 Å². The zero-order chi connectivity index (χ0) is 20.7. The summed E-state index contributed by atoms with van der Waals surface area (Å²) >= 11 is 0. The van der Waals surface area contributed by atoms with Crippen LogP contribution in [0.1, 0.15) is 33.5 Å². The van der Waals surface area contributed by atoms with Crippen LogP contribution in [0.2, 0.25) is 0 Å². The van der Waals surface area contributed by atoms with Crippen LogP contribution in [0, 0.1) is 0 Å². The number of Topliss-reactive ketones (excluding diaryl/α,β-unsaturated/α-hetero) is 1. The standard InChI is InChI=1S/C25H18O5/c26-17-13-29-24(27)20-11-9-15-5-1-3-7-18(15)22(20)23-19-8-4-2-6-16(19)10-12-21(23)25(28)30-14-17/h1-9,11H,10,12-14H2. The summed E-state index contributed by atoms with van der Waals surface area (Å²) in [5, 5.41) is 1.78. The molecule has 148 valence electrons. The van der Waals surface area contributed by atoms with Gasteiger partial charge in [-0.2, -0.15) is 0 Å². The zero-order valence-electron chi connectivity index (χ0n) is 16.1. The summed E-state index contributed by atoms with van der Waals surface area (Å²) in [5.74, 6) is -1.58. The number of fused-ring (bicyclic) bond motifs is 6. The van der Waals surface area contributed by atoms with Crippen LogP contribution in [0.4, 0.5) is 0 Å². The van der Waals surface area contributed by atoms with E-state index in [0.717, 1.165) is 21.9 Å². The number of rotatable bonds is 0. The molecule has 0 fully saturated rings. The van der Waals surface area contributed by atoms with Gasteiger partial charge in [-0.05, 0) is 40.8 Å². The van der Waals surface area contributed by atoms with Crippen LogP contribution in [-0.2, 0) is 25.5 Å². The summed E-state index contributed by atoms with van der Waals surface area (Å²) < 4.78 is 10.6. The van der Waals surface area contributed by atoms with E-state index < -0.39 is 30.9 Å². The Morgan fingerprint density at radius 3 is 2.27 bits per heavy atom. The maximum atomic E-state index is 13.0. The monoisotopic (exact) mass is 398 g/mol. The molecule has 0 amide bonds. The molecule has 1 aliphatic carbocycles. The first-order chi connectivity index (χ1) is 14.6. The van der Waals surface area contributed by atoms with Crippen LogP contribution in [0.5, 0.6) is 0 Å². The van der Waals surface area contributed by atoms with Crippen molar-refractivity contribution in [1.29, 1.82) is 0 Å². The second kappa shape index (κ2) is 7.26. The van der Waals surface area contributed by atoms with Gasteiger partial charge in [-0.15, -0.1) is 0 Å². The molecule has 0 saturated carbocycles. The van der Waals surface area contributed by atoms with Crippen molar-refractivity contribution < 1.29 is 23.9 Å². The minimum Gasteiger partial charge on any atom is -0.454 e. The van der Waals surface area contributed by atoms with Gasteiger partial charge in [0.1, 0.15) is 0 Å². The molecule has 0 saturated heterocycles. The summed E-state index contributed by atoms with van der Waals surface area (Å²) in [7, 11) is 0. The molecule has 0 bridgehead atoms. The van der Waals surface area contributed by atoms with E-state index in [2.05, 4.69) is 0 Å². The summed E-state index contributed by atoms with van der Waals surface area (Å²) in [6.07, 6.45) is 1.15. The van der Waals surface area contributed by atoms with Crippen molar-refractivity contribution in [2.45, 2.75) is 12.8 Å². The molecular weight excluding hydrogens is 380 g/mol. The molecule has 0 unspecified atom stereocenters. The van der Waals surface area contributed by atoms with Crippen LogP contribution in [0.25, 0.3) is 16.3 Å². The average Bonchev–Trinajstić information content (AvgIpc) is 2.80. The zero-order valence-corrected chi connectivity index (χ0v) is 16.1. The fraction of sp³-hybridized carbons (Fsp3) is 0.160. The molecule has 0 N–H and O–H groups in total. The summed E-state index contributed by atoms with van der Waals surface area (Å²) in [6.45, 7) is -0.846. The van der Waals surface area contributed by atoms with Crippen LogP contribution >= 0.6 is 0 Å². The van der Waals surface area contributed by atoms with E-state index in [0.29, 0.717) is 35.1 Å². The Labute approximate surface area is 172 Å². The van der Waals surface area contributed by atoms with Crippen molar-refractivity contribution in [2.24, 2.45) is 0 Å². The molecule has 5 nitrogen and oxygen atoms in total. The number of ketones is 1. The largest absolute Gasteiger partial charge is 0.454 e. The highest BCUT2D eigenvalue weighted by atomic mass is 16.6. The highest BCUT2D eigenvalue weighted by Gasteiger charge is 2.31. The molecule has 5 heteroatoms. The van der Waals surface area contributed by atoms with Crippen LogP contribution < -0.4 is 0 Å². The van der Waals surface area contributed by atoms with Gasteiger partial charge in [0.25, 0.3) is 0 Å². The van der Waals surface area contributed by atoms with Gasteiger partial charge in [-0.1, -0.05) is 54.6 Å². The van der Waals surface area contributed by atoms with Crippen molar-refractivity contribution in [1.82, 2.24) is 0 Å². The van der Waals surface area contributed by atoms with E-state index in [1.807, 2.05) is 54.6 Å². The smallest absolute Gasteiger partial charge is 0.339 e. The Morgan fingerprint density at radius 2 is 1.40 bits per heavy atom. The lowest BCUT2D eigenvalue weighted by Gasteiger charge is -2.25. The first-order valence-corrected chi connectivity index (χ1v) is 9.83. The lowest BCUT2D eigenvalue weighted by atomic mass is 9.79. The number of esters is 2. The maximum Gasteiger partial charge on any atom is 0.339 e. The second-order valence-electron chi connectivity index (χ2n) is 7.41. The highest BCUT2D eigenvalue weighted by Crippen LogP contribution is 2.41. The number of aryl methyl sites for hydroxylation is 1. The Morgan fingerprint density at radius 1 is 0.667 bits per heavy atom. The van der Waals surface area contributed by atoms with Gasteiger partial charge in [-0.3, -0.25) is 4.79 Å². The van der Waals surface area contributed by atoms with E-state index in [9.17, 15) is 14.4 Å². The minimum absolute atomic E-state index is 0.334. The summed E-state index contributed by atoms with van der Waals surface area (Å²) in [4.78, 5) is 38.0. The van der Waals surface area contributed by atoms with Gasteiger partial charge in [0.05, 0.1) is 5.56 Å². The number of carbonyl (C=O) groups is 3. The average molecular weight is 398 g/mol. The Kier molecular flexibility index (Phi) is 4.43. The van der Waals surface area contributed by atoms with Gasteiger partial charge < -0.3 is 9.47 Å². The normalized spacial score (nSPS) is 16.7. The fourth-order valence-corrected chi connectivity index (χ4v) is 4.23. The maximum absolute atomic E-state index is 13.0. The van der Waals surface area contributed by atoms with Gasteiger partial charge in [0.2, 0.25) is 5.78 Å². The van der Waals surface area contributed by atoms with Gasteiger partial charge in [0.15, 0.2) is 13.2 Å². The molecule has 5 rings (SSSR count). The Balaban J connectivity index is 1.90. The van der Waals surface area contributed by atoms with Crippen LogP contribution in [0.3, 0.4) is 0 Å². The third kappa shape index (κ3) is 2.99. The molecule has 0 aromatic heterocycles. The number of benzene rings is 3. The molecule has 3 aromatic carbocycles. The number of carbonyl (C=O) groups excluding carboxylic acids is 3. The molecule has 0 atom stereocenters. The van der Waals surface area contributed by atoms with E-state index >= 15 is 0 Å². The minimum atomic E-state index is -0.589. The number of hydrogen-bond acceptors (Lipinski definition) is 5. The number of hydrogen-bond donors (Lipinski definition) is 0. The molecule has 1 aliphatic heterocycles. The van der Waals surface area contributed by atoms with Crippen molar-refractivity contribution in [3.8, 4) is 0 Å². The number of cyclic esters (lactones) is 2. The quantitative estimate of drug-likeness (QED) is 0.538. The Bertz CT molecular complexity index is 1250. The number of ether oxygens (including phenoxy) is 2. The molecule has 30 heavy (non-hydrogen) atoms. The second-order valence-corrected chi connectivity index (χ2v) is 7.41. The first-order valence-electron chi connectivity index (χ1n) is 9.83. The first kappa shape index (κ1) is 18.3. The molecule has 0 radical (unpaired) electrons. The fourth-order valence-electron chi connectivity index (χ4n) is 4.23.